The predicted octanol–water partition coefficient (Wildman–Crippen LogP) is 2.11. The molecule has 0 fully saturated rings. The number of amides is 1. The van der Waals surface area contributed by atoms with Gasteiger partial charge >= 0.3 is 0 Å². The number of methoxy groups -OCH3 is 1. The van der Waals surface area contributed by atoms with Gasteiger partial charge in [-0.15, -0.1) is 11.6 Å². The second-order valence-corrected chi connectivity index (χ2v) is 3.46. The summed E-state index contributed by atoms with van der Waals surface area (Å²) in [5.74, 6) is 0.620. The Morgan fingerprint density at radius 2 is 2.07 bits per heavy atom. The Bertz CT molecular complexity index is 324. The first-order chi connectivity index (χ1) is 7.17. The molecule has 1 amide bonds. The molecule has 0 saturated heterocycles. The third kappa shape index (κ3) is 3.44. The standard InChI is InChI=1S/C11H14ClNO2/c1-8(13-11(14)7-12)9-3-5-10(15-2)6-4-9/h3-6,8H,7H2,1-2H3,(H,13,14). The summed E-state index contributed by atoms with van der Waals surface area (Å²) in [6, 6.07) is 7.51. The lowest BCUT2D eigenvalue weighted by Crippen LogP contribution is -2.27. The van der Waals surface area contributed by atoms with Gasteiger partial charge in [0.2, 0.25) is 5.91 Å². The van der Waals surface area contributed by atoms with E-state index in [4.69, 9.17) is 16.3 Å². The summed E-state index contributed by atoms with van der Waals surface area (Å²) in [5.41, 5.74) is 1.02. The molecule has 0 aliphatic carbocycles. The highest BCUT2D eigenvalue weighted by Crippen LogP contribution is 2.16. The number of carbonyl (C=O) groups excluding carboxylic acids is 1. The Hall–Kier alpha value is -1.22. The molecule has 0 heterocycles. The maximum Gasteiger partial charge on any atom is 0.235 e. The summed E-state index contributed by atoms with van der Waals surface area (Å²) in [5, 5.41) is 2.77. The Morgan fingerprint density at radius 1 is 1.47 bits per heavy atom. The number of carbonyl (C=O) groups is 1. The van der Waals surface area contributed by atoms with Crippen molar-refractivity contribution in [1.29, 1.82) is 0 Å². The number of ether oxygens (including phenoxy) is 1. The minimum absolute atomic E-state index is 0.0134. The Balaban J connectivity index is 2.65. The van der Waals surface area contributed by atoms with E-state index in [9.17, 15) is 4.79 Å². The minimum atomic E-state index is -0.167. The van der Waals surface area contributed by atoms with E-state index in [1.165, 1.54) is 0 Å². The van der Waals surface area contributed by atoms with Gasteiger partial charge in [0, 0.05) is 0 Å². The Labute approximate surface area is 94.4 Å². The van der Waals surface area contributed by atoms with E-state index >= 15 is 0 Å². The number of halogens is 1. The molecule has 1 N–H and O–H groups in total. The molecule has 1 rings (SSSR count). The highest BCUT2D eigenvalue weighted by atomic mass is 35.5. The minimum Gasteiger partial charge on any atom is -0.497 e. The summed E-state index contributed by atoms with van der Waals surface area (Å²) in [6.45, 7) is 1.91. The van der Waals surface area contributed by atoms with Crippen molar-refractivity contribution in [2.24, 2.45) is 0 Å². The molecule has 1 unspecified atom stereocenters. The number of rotatable bonds is 4. The lowest BCUT2D eigenvalue weighted by atomic mass is 10.1. The van der Waals surface area contributed by atoms with Crippen molar-refractivity contribution < 1.29 is 9.53 Å². The van der Waals surface area contributed by atoms with Gasteiger partial charge in [0.25, 0.3) is 0 Å². The van der Waals surface area contributed by atoms with Crippen molar-refractivity contribution in [2.45, 2.75) is 13.0 Å². The first-order valence-corrected chi connectivity index (χ1v) is 5.20. The molecule has 1 aromatic rings. The summed E-state index contributed by atoms with van der Waals surface area (Å²) >= 11 is 5.40. The maximum absolute atomic E-state index is 11.1. The number of hydrogen-bond acceptors (Lipinski definition) is 2. The molecule has 0 radical (unpaired) electrons. The van der Waals surface area contributed by atoms with Crippen LogP contribution in [0.2, 0.25) is 0 Å². The third-order valence-electron chi connectivity index (χ3n) is 2.11. The smallest absolute Gasteiger partial charge is 0.235 e. The van der Waals surface area contributed by atoms with E-state index in [2.05, 4.69) is 5.32 Å². The second kappa shape index (κ2) is 5.61. The summed E-state index contributed by atoms with van der Waals surface area (Å²) in [4.78, 5) is 11.1. The summed E-state index contributed by atoms with van der Waals surface area (Å²) in [6.07, 6.45) is 0. The van der Waals surface area contributed by atoms with Crippen LogP contribution in [-0.4, -0.2) is 18.9 Å². The van der Waals surface area contributed by atoms with Gasteiger partial charge in [0.1, 0.15) is 11.6 Å². The van der Waals surface area contributed by atoms with Gasteiger partial charge in [-0.05, 0) is 24.6 Å². The molecule has 0 aromatic heterocycles. The van der Waals surface area contributed by atoms with Crippen molar-refractivity contribution in [1.82, 2.24) is 5.32 Å². The topological polar surface area (TPSA) is 38.3 Å². The van der Waals surface area contributed by atoms with Crippen molar-refractivity contribution in [3.05, 3.63) is 29.8 Å². The van der Waals surface area contributed by atoms with E-state index in [1.54, 1.807) is 7.11 Å². The molecule has 82 valence electrons. The highest BCUT2D eigenvalue weighted by Gasteiger charge is 2.08. The van der Waals surface area contributed by atoms with Crippen LogP contribution in [0, 0.1) is 0 Å². The molecular formula is C11H14ClNO2. The van der Waals surface area contributed by atoms with E-state index in [1.807, 2.05) is 31.2 Å². The predicted molar refractivity (Wildman–Crippen MR) is 60.3 cm³/mol. The zero-order valence-electron chi connectivity index (χ0n) is 8.79. The molecule has 0 saturated carbocycles. The van der Waals surface area contributed by atoms with E-state index in [0.29, 0.717) is 0 Å². The quantitative estimate of drug-likeness (QED) is 0.801. The number of hydrogen-bond donors (Lipinski definition) is 1. The average molecular weight is 228 g/mol. The third-order valence-corrected chi connectivity index (χ3v) is 2.36. The van der Waals surface area contributed by atoms with Crippen LogP contribution in [0.15, 0.2) is 24.3 Å². The lowest BCUT2D eigenvalue weighted by Gasteiger charge is -2.13. The number of nitrogens with one attached hydrogen (secondary N) is 1. The zero-order chi connectivity index (χ0) is 11.3. The van der Waals surface area contributed by atoms with Crippen LogP contribution in [0.4, 0.5) is 0 Å². The normalized spacial score (nSPS) is 11.9. The first-order valence-electron chi connectivity index (χ1n) is 4.66. The van der Waals surface area contributed by atoms with Crippen LogP contribution in [0.5, 0.6) is 5.75 Å². The SMILES string of the molecule is COc1ccc(C(C)NC(=O)CCl)cc1. The lowest BCUT2D eigenvalue weighted by molar-refractivity contribution is -0.119. The Kier molecular flexibility index (Phi) is 4.43. The van der Waals surface area contributed by atoms with Crippen LogP contribution >= 0.6 is 11.6 Å². The molecule has 3 nitrogen and oxygen atoms in total. The monoisotopic (exact) mass is 227 g/mol. The molecule has 15 heavy (non-hydrogen) atoms. The van der Waals surface area contributed by atoms with Gasteiger partial charge in [-0.1, -0.05) is 12.1 Å². The fraction of sp³-hybridized carbons (Fsp3) is 0.364. The van der Waals surface area contributed by atoms with Gasteiger partial charge < -0.3 is 10.1 Å². The Morgan fingerprint density at radius 3 is 2.53 bits per heavy atom. The van der Waals surface area contributed by atoms with Gasteiger partial charge in [-0.25, -0.2) is 0 Å². The fourth-order valence-electron chi connectivity index (χ4n) is 1.26. The molecule has 0 bridgehead atoms. The van der Waals surface area contributed by atoms with Gasteiger partial charge in [0.15, 0.2) is 0 Å². The van der Waals surface area contributed by atoms with Crippen LogP contribution in [0.3, 0.4) is 0 Å². The largest absolute Gasteiger partial charge is 0.497 e. The fourth-order valence-corrected chi connectivity index (χ4v) is 1.33. The number of alkyl halides is 1. The maximum atomic E-state index is 11.1. The van der Waals surface area contributed by atoms with Crippen molar-refractivity contribution >= 4 is 17.5 Å². The van der Waals surface area contributed by atoms with E-state index in [-0.39, 0.29) is 17.8 Å². The molecule has 0 aliphatic rings. The van der Waals surface area contributed by atoms with Crippen molar-refractivity contribution in [3.63, 3.8) is 0 Å². The number of benzene rings is 1. The van der Waals surface area contributed by atoms with Gasteiger partial charge in [0.05, 0.1) is 13.2 Å². The van der Waals surface area contributed by atoms with Crippen LogP contribution < -0.4 is 10.1 Å². The van der Waals surface area contributed by atoms with Gasteiger partial charge in [-0.2, -0.15) is 0 Å². The summed E-state index contributed by atoms with van der Waals surface area (Å²) < 4.78 is 5.04. The average Bonchev–Trinajstić information content (AvgIpc) is 2.29. The molecule has 1 atom stereocenters. The highest BCUT2D eigenvalue weighted by molar-refractivity contribution is 6.27. The van der Waals surface area contributed by atoms with E-state index < -0.39 is 0 Å². The van der Waals surface area contributed by atoms with E-state index in [0.717, 1.165) is 11.3 Å². The molecular weight excluding hydrogens is 214 g/mol. The summed E-state index contributed by atoms with van der Waals surface area (Å²) in [7, 11) is 1.62. The van der Waals surface area contributed by atoms with Crippen LogP contribution in [0.25, 0.3) is 0 Å². The first kappa shape index (κ1) is 11.9. The second-order valence-electron chi connectivity index (χ2n) is 3.20. The van der Waals surface area contributed by atoms with Gasteiger partial charge in [-0.3, -0.25) is 4.79 Å². The molecule has 0 aliphatic heterocycles. The zero-order valence-corrected chi connectivity index (χ0v) is 9.54. The molecule has 4 heteroatoms. The van der Waals surface area contributed by atoms with Crippen molar-refractivity contribution in [3.8, 4) is 5.75 Å². The van der Waals surface area contributed by atoms with Crippen molar-refractivity contribution in [2.75, 3.05) is 13.0 Å². The van der Waals surface area contributed by atoms with Crippen LogP contribution in [0.1, 0.15) is 18.5 Å². The molecule has 1 aromatic carbocycles. The molecule has 0 spiro atoms. The van der Waals surface area contributed by atoms with Crippen LogP contribution in [-0.2, 0) is 4.79 Å².